The van der Waals surface area contributed by atoms with Crippen molar-refractivity contribution in [2.24, 2.45) is 0 Å². The zero-order valence-corrected chi connectivity index (χ0v) is 11.2. The molecule has 2 aromatic heterocycles. The van der Waals surface area contributed by atoms with Crippen molar-refractivity contribution in [1.82, 2.24) is 14.5 Å². The molecular weight excluding hydrogens is 286 g/mol. The zero-order chi connectivity index (χ0) is 11.0. The minimum absolute atomic E-state index is 0.961. The summed E-state index contributed by atoms with van der Waals surface area (Å²) in [6.07, 6.45) is 3.95. The number of imidazole rings is 1. The quantitative estimate of drug-likeness (QED) is 0.850. The van der Waals surface area contributed by atoms with Crippen molar-refractivity contribution in [2.75, 3.05) is 6.54 Å². The Labute approximate surface area is 107 Å². The minimum atomic E-state index is 0.961. The van der Waals surface area contributed by atoms with Gasteiger partial charge < -0.3 is 4.57 Å². The highest BCUT2D eigenvalue weighted by Gasteiger charge is 2.16. The lowest BCUT2D eigenvalue weighted by Crippen LogP contribution is -2.32. The lowest BCUT2D eigenvalue weighted by atomic mass is 10.3. The fourth-order valence-corrected chi connectivity index (χ4v) is 3.51. The summed E-state index contributed by atoms with van der Waals surface area (Å²) in [5.41, 5.74) is 0. The van der Waals surface area contributed by atoms with Crippen molar-refractivity contribution in [3.63, 3.8) is 0 Å². The average molecular weight is 298 g/mol. The Morgan fingerprint density at radius 2 is 2.38 bits per heavy atom. The highest BCUT2D eigenvalue weighted by atomic mass is 79.9. The number of fused-ring (bicyclic) bond motifs is 1. The van der Waals surface area contributed by atoms with Gasteiger partial charge in [-0.25, -0.2) is 4.98 Å². The molecule has 84 valence electrons. The third-order valence-electron chi connectivity index (χ3n) is 2.83. The van der Waals surface area contributed by atoms with Crippen molar-refractivity contribution < 1.29 is 0 Å². The maximum atomic E-state index is 4.37. The molecule has 0 atom stereocenters. The van der Waals surface area contributed by atoms with Crippen molar-refractivity contribution in [1.29, 1.82) is 0 Å². The molecule has 0 spiro atoms. The molecule has 16 heavy (non-hydrogen) atoms. The maximum Gasteiger partial charge on any atom is 0.122 e. The van der Waals surface area contributed by atoms with Crippen LogP contribution in [0, 0.1) is 0 Å². The van der Waals surface area contributed by atoms with E-state index in [1.54, 1.807) is 0 Å². The second-order valence-corrected chi connectivity index (χ2v) is 5.89. The van der Waals surface area contributed by atoms with Crippen LogP contribution in [0.25, 0.3) is 0 Å². The van der Waals surface area contributed by atoms with E-state index in [2.05, 4.69) is 48.0 Å². The van der Waals surface area contributed by atoms with E-state index in [4.69, 9.17) is 0 Å². The summed E-state index contributed by atoms with van der Waals surface area (Å²) >= 11 is 5.30. The molecule has 5 heteroatoms. The van der Waals surface area contributed by atoms with Crippen LogP contribution in [-0.4, -0.2) is 21.0 Å². The summed E-state index contributed by atoms with van der Waals surface area (Å²) in [4.78, 5) is 8.22. The summed E-state index contributed by atoms with van der Waals surface area (Å²) in [5.74, 6) is 1.18. The summed E-state index contributed by atoms with van der Waals surface area (Å²) in [7, 11) is 0. The molecule has 0 aliphatic carbocycles. The molecule has 0 saturated heterocycles. The van der Waals surface area contributed by atoms with E-state index in [0.29, 0.717) is 0 Å². The van der Waals surface area contributed by atoms with E-state index in [9.17, 15) is 0 Å². The minimum Gasteiger partial charge on any atom is -0.333 e. The third kappa shape index (κ3) is 2.07. The Morgan fingerprint density at radius 3 is 3.19 bits per heavy atom. The molecule has 3 heterocycles. The van der Waals surface area contributed by atoms with Gasteiger partial charge in [0.2, 0.25) is 0 Å². The first-order chi connectivity index (χ1) is 7.81. The molecule has 3 rings (SSSR count). The Bertz CT molecular complexity index is 491. The van der Waals surface area contributed by atoms with Gasteiger partial charge in [-0.05, 0) is 22.0 Å². The molecule has 0 N–H and O–H groups in total. The summed E-state index contributed by atoms with van der Waals surface area (Å²) in [6.45, 7) is 4.16. The van der Waals surface area contributed by atoms with E-state index in [1.807, 2.05) is 17.5 Å². The SMILES string of the molecule is Brc1csc(CN2CCn3ccnc3C2)c1. The van der Waals surface area contributed by atoms with Crippen molar-refractivity contribution in [2.45, 2.75) is 19.6 Å². The highest BCUT2D eigenvalue weighted by molar-refractivity contribution is 9.10. The molecule has 0 fully saturated rings. The molecule has 2 aromatic rings. The Morgan fingerprint density at radius 1 is 1.44 bits per heavy atom. The second-order valence-electron chi connectivity index (χ2n) is 3.98. The first-order valence-corrected chi connectivity index (χ1v) is 6.94. The predicted octanol–water partition coefficient (Wildman–Crippen LogP) is 2.72. The smallest absolute Gasteiger partial charge is 0.122 e. The molecule has 0 aromatic carbocycles. The lowest BCUT2D eigenvalue weighted by molar-refractivity contribution is 0.210. The van der Waals surface area contributed by atoms with Crippen molar-refractivity contribution >= 4 is 27.3 Å². The summed E-state index contributed by atoms with van der Waals surface area (Å²) in [5, 5.41) is 2.14. The van der Waals surface area contributed by atoms with Gasteiger partial charge in [0.1, 0.15) is 5.82 Å². The summed E-state index contributed by atoms with van der Waals surface area (Å²) < 4.78 is 3.42. The molecule has 3 nitrogen and oxygen atoms in total. The van der Waals surface area contributed by atoms with Crippen LogP contribution in [-0.2, 0) is 19.6 Å². The van der Waals surface area contributed by atoms with Gasteiger partial charge in [-0.3, -0.25) is 4.90 Å². The number of rotatable bonds is 2. The van der Waals surface area contributed by atoms with Crippen LogP contribution >= 0.6 is 27.3 Å². The van der Waals surface area contributed by atoms with Gasteiger partial charge in [0.05, 0.1) is 6.54 Å². The Kier molecular flexibility index (Phi) is 2.83. The first-order valence-electron chi connectivity index (χ1n) is 5.26. The van der Waals surface area contributed by atoms with Crippen LogP contribution in [0.4, 0.5) is 0 Å². The van der Waals surface area contributed by atoms with Crippen LogP contribution in [0.2, 0.25) is 0 Å². The van der Waals surface area contributed by atoms with E-state index in [-0.39, 0.29) is 0 Å². The fraction of sp³-hybridized carbons (Fsp3) is 0.364. The monoisotopic (exact) mass is 297 g/mol. The summed E-state index contributed by atoms with van der Waals surface area (Å²) in [6, 6.07) is 2.20. The molecule has 0 radical (unpaired) electrons. The number of thiophene rings is 1. The van der Waals surface area contributed by atoms with Gasteiger partial charge >= 0.3 is 0 Å². The lowest BCUT2D eigenvalue weighted by Gasteiger charge is -2.26. The normalized spacial score (nSPS) is 16.3. The van der Waals surface area contributed by atoms with E-state index < -0.39 is 0 Å². The molecule has 0 amide bonds. The largest absolute Gasteiger partial charge is 0.333 e. The fourth-order valence-electron chi connectivity index (χ4n) is 2.02. The first kappa shape index (κ1) is 10.5. The molecule has 0 bridgehead atoms. The standard InChI is InChI=1S/C11H12BrN3S/c12-9-5-10(16-8-9)6-14-3-4-15-2-1-13-11(15)7-14/h1-2,5,8H,3-4,6-7H2. The van der Waals surface area contributed by atoms with Crippen LogP contribution in [0.15, 0.2) is 28.3 Å². The van der Waals surface area contributed by atoms with Gasteiger partial charge in [0.25, 0.3) is 0 Å². The molecule has 0 saturated carbocycles. The number of halogens is 1. The van der Waals surface area contributed by atoms with Gasteiger partial charge in [-0.1, -0.05) is 0 Å². The number of nitrogens with zero attached hydrogens (tertiary/aromatic N) is 3. The average Bonchev–Trinajstić information content (AvgIpc) is 2.87. The maximum absolute atomic E-state index is 4.37. The zero-order valence-electron chi connectivity index (χ0n) is 8.77. The van der Waals surface area contributed by atoms with Crippen molar-refractivity contribution in [3.05, 3.63) is 39.0 Å². The molecule has 1 aliphatic rings. The Hall–Kier alpha value is -0.650. The van der Waals surface area contributed by atoms with E-state index >= 15 is 0 Å². The molecule has 1 aliphatic heterocycles. The topological polar surface area (TPSA) is 21.1 Å². The van der Waals surface area contributed by atoms with Gasteiger partial charge in [0.15, 0.2) is 0 Å². The van der Waals surface area contributed by atoms with Gasteiger partial charge in [-0.2, -0.15) is 0 Å². The number of aromatic nitrogens is 2. The van der Waals surface area contributed by atoms with Crippen LogP contribution in [0.1, 0.15) is 10.7 Å². The van der Waals surface area contributed by atoms with Crippen LogP contribution in [0.5, 0.6) is 0 Å². The van der Waals surface area contributed by atoms with Gasteiger partial charge in [-0.15, -0.1) is 11.3 Å². The molecular formula is C11H12BrN3S. The third-order valence-corrected chi connectivity index (χ3v) is 4.51. The number of hydrogen-bond acceptors (Lipinski definition) is 3. The number of hydrogen-bond donors (Lipinski definition) is 0. The molecule has 0 unspecified atom stereocenters. The highest BCUT2D eigenvalue weighted by Crippen LogP contribution is 2.22. The Balaban J connectivity index is 1.70. The predicted molar refractivity (Wildman–Crippen MR) is 68.4 cm³/mol. The van der Waals surface area contributed by atoms with Crippen LogP contribution < -0.4 is 0 Å². The second kappa shape index (κ2) is 4.31. The van der Waals surface area contributed by atoms with E-state index in [0.717, 1.165) is 26.2 Å². The van der Waals surface area contributed by atoms with E-state index in [1.165, 1.54) is 15.2 Å². The van der Waals surface area contributed by atoms with Crippen LogP contribution in [0.3, 0.4) is 0 Å². The van der Waals surface area contributed by atoms with Crippen molar-refractivity contribution in [3.8, 4) is 0 Å². The van der Waals surface area contributed by atoms with Gasteiger partial charge in [0, 0.05) is 46.8 Å².